The summed E-state index contributed by atoms with van der Waals surface area (Å²) in [5.41, 5.74) is 1.91. The first-order valence-corrected chi connectivity index (χ1v) is 4.71. The quantitative estimate of drug-likeness (QED) is 0.704. The monoisotopic (exact) mass is 197 g/mol. The Balaban J connectivity index is 2.18. The standard InChI is InChI=1S/C7H7N3O2S/c11-6(5-3-13-4-9-5)10-2-1-8-7(10)12/h3-4H,1-2H2,(H,8,12). The molecule has 1 aromatic heterocycles. The van der Waals surface area contributed by atoms with Gasteiger partial charge in [0.05, 0.1) is 5.51 Å². The van der Waals surface area contributed by atoms with E-state index in [0.717, 1.165) is 4.90 Å². The molecule has 0 unspecified atom stereocenters. The lowest BCUT2D eigenvalue weighted by atomic mass is 10.4. The van der Waals surface area contributed by atoms with E-state index in [0.29, 0.717) is 18.8 Å². The van der Waals surface area contributed by atoms with Gasteiger partial charge in [-0.15, -0.1) is 11.3 Å². The van der Waals surface area contributed by atoms with Gasteiger partial charge in [0.1, 0.15) is 5.69 Å². The fourth-order valence-electron chi connectivity index (χ4n) is 1.12. The molecular weight excluding hydrogens is 190 g/mol. The third kappa shape index (κ3) is 1.40. The molecule has 0 radical (unpaired) electrons. The van der Waals surface area contributed by atoms with Crippen LogP contribution >= 0.6 is 11.3 Å². The van der Waals surface area contributed by atoms with Gasteiger partial charge in [-0.1, -0.05) is 0 Å². The number of imide groups is 1. The molecular formula is C7H7N3O2S. The number of urea groups is 1. The number of rotatable bonds is 1. The minimum absolute atomic E-state index is 0.323. The van der Waals surface area contributed by atoms with Crippen LogP contribution in [-0.4, -0.2) is 34.9 Å². The number of aromatic nitrogens is 1. The molecule has 0 atom stereocenters. The van der Waals surface area contributed by atoms with E-state index < -0.39 is 0 Å². The third-order valence-electron chi connectivity index (χ3n) is 1.75. The molecule has 3 amide bonds. The zero-order chi connectivity index (χ0) is 9.26. The van der Waals surface area contributed by atoms with Crippen molar-refractivity contribution in [3.05, 3.63) is 16.6 Å². The lowest BCUT2D eigenvalue weighted by Crippen LogP contribution is -2.34. The maximum Gasteiger partial charge on any atom is 0.324 e. The summed E-state index contributed by atoms with van der Waals surface area (Å²) in [6.45, 7) is 0.948. The zero-order valence-electron chi connectivity index (χ0n) is 6.69. The molecule has 2 heterocycles. The number of thiazole rings is 1. The van der Waals surface area contributed by atoms with Crippen molar-refractivity contribution in [2.24, 2.45) is 0 Å². The molecule has 0 saturated carbocycles. The maximum absolute atomic E-state index is 11.5. The number of amides is 3. The molecule has 1 saturated heterocycles. The van der Waals surface area contributed by atoms with Crippen molar-refractivity contribution in [3.63, 3.8) is 0 Å². The number of carbonyl (C=O) groups is 2. The van der Waals surface area contributed by atoms with E-state index in [2.05, 4.69) is 10.3 Å². The zero-order valence-corrected chi connectivity index (χ0v) is 7.50. The summed E-state index contributed by atoms with van der Waals surface area (Å²) >= 11 is 1.34. The van der Waals surface area contributed by atoms with Crippen molar-refractivity contribution < 1.29 is 9.59 Å². The Bertz CT molecular complexity index is 336. The van der Waals surface area contributed by atoms with Gasteiger partial charge < -0.3 is 5.32 Å². The molecule has 68 valence electrons. The van der Waals surface area contributed by atoms with Gasteiger partial charge in [0.15, 0.2) is 0 Å². The van der Waals surface area contributed by atoms with Crippen LogP contribution in [0.2, 0.25) is 0 Å². The van der Waals surface area contributed by atoms with Crippen LogP contribution in [0, 0.1) is 0 Å². The molecule has 2 rings (SSSR count). The number of carbonyl (C=O) groups excluding carboxylic acids is 2. The Hall–Kier alpha value is -1.43. The summed E-state index contributed by atoms with van der Waals surface area (Å²) in [6, 6.07) is -0.335. The van der Waals surface area contributed by atoms with E-state index >= 15 is 0 Å². The van der Waals surface area contributed by atoms with Crippen LogP contribution in [0.5, 0.6) is 0 Å². The van der Waals surface area contributed by atoms with Crippen molar-refractivity contribution in [2.75, 3.05) is 13.1 Å². The summed E-state index contributed by atoms with van der Waals surface area (Å²) in [5.74, 6) is -0.323. The van der Waals surface area contributed by atoms with Gasteiger partial charge in [-0.25, -0.2) is 9.78 Å². The lowest BCUT2D eigenvalue weighted by Gasteiger charge is -2.09. The Kier molecular flexibility index (Phi) is 1.97. The second-order valence-electron chi connectivity index (χ2n) is 2.56. The third-order valence-corrected chi connectivity index (χ3v) is 2.34. The summed E-state index contributed by atoms with van der Waals surface area (Å²) in [4.78, 5) is 27.6. The van der Waals surface area contributed by atoms with Crippen molar-refractivity contribution in [1.82, 2.24) is 15.2 Å². The van der Waals surface area contributed by atoms with E-state index in [1.807, 2.05) is 0 Å². The fourth-order valence-corrected chi connectivity index (χ4v) is 1.65. The SMILES string of the molecule is O=C1NCCN1C(=O)c1cscn1. The normalized spacial score (nSPS) is 16.0. The highest BCUT2D eigenvalue weighted by molar-refractivity contribution is 7.07. The van der Waals surface area contributed by atoms with Crippen LogP contribution in [0.25, 0.3) is 0 Å². The highest BCUT2D eigenvalue weighted by atomic mass is 32.1. The second-order valence-corrected chi connectivity index (χ2v) is 3.28. The lowest BCUT2D eigenvalue weighted by molar-refractivity contribution is 0.0824. The van der Waals surface area contributed by atoms with Crippen LogP contribution in [0.15, 0.2) is 10.9 Å². The first-order valence-electron chi connectivity index (χ1n) is 3.77. The maximum atomic E-state index is 11.5. The van der Waals surface area contributed by atoms with Crippen molar-refractivity contribution in [1.29, 1.82) is 0 Å². The van der Waals surface area contributed by atoms with Crippen LogP contribution in [0.3, 0.4) is 0 Å². The Labute approximate surface area is 78.4 Å². The Morgan fingerprint density at radius 1 is 1.69 bits per heavy atom. The van der Waals surface area contributed by atoms with E-state index in [1.165, 1.54) is 11.3 Å². The van der Waals surface area contributed by atoms with E-state index in [1.54, 1.807) is 10.9 Å². The molecule has 1 aliphatic rings. The van der Waals surface area contributed by atoms with E-state index in [4.69, 9.17) is 0 Å². The van der Waals surface area contributed by atoms with Crippen LogP contribution in [0.4, 0.5) is 4.79 Å². The average molecular weight is 197 g/mol. The fraction of sp³-hybridized carbons (Fsp3) is 0.286. The van der Waals surface area contributed by atoms with Crippen molar-refractivity contribution in [3.8, 4) is 0 Å². The predicted octanol–water partition coefficient (Wildman–Crippen LogP) is 0.308. The highest BCUT2D eigenvalue weighted by Crippen LogP contribution is 2.07. The molecule has 0 aromatic carbocycles. The molecule has 13 heavy (non-hydrogen) atoms. The van der Waals surface area contributed by atoms with Gasteiger partial charge in [-0.3, -0.25) is 9.69 Å². The molecule has 1 fully saturated rings. The number of nitrogens with one attached hydrogen (secondary N) is 1. The average Bonchev–Trinajstić information content (AvgIpc) is 2.72. The first-order chi connectivity index (χ1) is 6.29. The summed E-state index contributed by atoms with van der Waals surface area (Å²) in [6.07, 6.45) is 0. The van der Waals surface area contributed by atoms with Gasteiger partial charge in [-0.2, -0.15) is 0 Å². The smallest absolute Gasteiger partial charge is 0.324 e. The topological polar surface area (TPSA) is 62.3 Å². The molecule has 0 aliphatic carbocycles. The van der Waals surface area contributed by atoms with Crippen molar-refractivity contribution >= 4 is 23.3 Å². The van der Waals surface area contributed by atoms with Gasteiger partial charge in [0.25, 0.3) is 5.91 Å². The first kappa shape index (κ1) is 8.18. The molecule has 1 aromatic rings. The number of hydrogen-bond donors (Lipinski definition) is 1. The van der Waals surface area contributed by atoms with Crippen molar-refractivity contribution in [2.45, 2.75) is 0 Å². The van der Waals surface area contributed by atoms with Gasteiger partial charge in [-0.05, 0) is 0 Å². The molecule has 0 bridgehead atoms. The molecule has 6 heteroatoms. The molecule has 1 N–H and O–H groups in total. The van der Waals surface area contributed by atoms with E-state index in [-0.39, 0.29) is 11.9 Å². The molecule has 0 spiro atoms. The number of hydrogen-bond acceptors (Lipinski definition) is 4. The summed E-state index contributed by atoms with van der Waals surface area (Å²) in [5, 5.41) is 4.19. The van der Waals surface area contributed by atoms with Crippen LogP contribution in [-0.2, 0) is 0 Å². The molecule has 5 nitrogen and oxygen atoms in total. The number of nitrogens with zero attached hydrogens (tertiary/aromatic N) is 2. The summed E-state index contributed by atoms with van der Waals surface area (Å²) < 4.78 is 0. The minimum atomic E-state index is -0.335. The van der Waals surface area contributed by atoms with Crippen LogP contribution in [0.1, 0.15) is 10.5 Å². The second kappa shape index (κ2) is 3.14. The minimum Gasteiger partial charge on any atom is -0.336 e. The summed E-state index contributed by atoms with van der Waals surface area (Å²) in [7, 11) is 0. The largest absolute Gasteiger partial charge is 0.336 e. The van der Waals surface area contributed by atoms with Crippen LogP contribution < -0.4 is 5.32 Å². The Morgan fingerprint density at radius 3 is 3.08 bits per heavy atom. The Morgan fingerprint density at radius 2 is 2.54 bits per heavy atom. The van der Waals surface area contributed by atoms with Gasteiger partial charge >= 0.3 is 6.03 Å². The highest BCUT2D eigenvalue weighted by Gasteiger charge is 2.27. The van der Waals surface area contributed by atoms with E-state index in [9.17, 15) is 9.59 Å². The predicted molar refractivity (Wildman–Crippen MR) is 46.5 cm³/mol. The van der Waals surface area contributed by atoms with Gasteiger partial charge in [0, 0.05) is 18.5 Å². The van der Waals surface area contributed by atoms with Gasteiger partial charge in [0.2, 0.25) is 0 Å². The molecule has 1 aliphatic heterocycles.